The highest BCUT2D eigenvalue weighted by Crippen LogP contribution is 2.29. The molecular weight excluding hydrogens is 425 g/mol. The molecule has 0 bridgehead atoms. The van der Waals surface area contributed by atoms with Crippen molar-refractivity contribution in [2.45, 2.75) is 12.6 Å². The summed E-state index contributed by atoms with van der Waals surface area (Å²) in [7, 11) is 1.54. The first-order valence-corrected chi connectivity index (χ1v) is 10.3. The number of hydrogen-bond acceptors (Lipinski definition) is 4. The Balaban J connectivity index is 1.56. The number of carbonyl (C=O) groups is 3. The number of carbonyl (C=O) groups excluding carboxylic acids is 3. The van der Waals surface area contributed by atoms with Crippen molar-refractivity contribution in [2.24, 2.45) is 0 Å². The lowest BCUT2D eigenvalue weighted by atomic mass is 10.0. The second kappa shape index (κ2) is 9.52. The number of imide groups is 1. The third kappa shape index (κ3) is 4.85. The maximum absolute atomic E-state index is 13.2. The van der Waals surface area contributed by atoms with Gasteiger partial charge in [0.1, 0.15) is 11.6 Å². The van der Waals surface area contributed by atoms with E-state index in [-0.39, 0.29) is 18.3 Å². The number of nitrogens with one attached hydrogen (secondary N) is 2. The van der Waals surface area contributed by atoms with Crippen molar-refractivity contribution >= 4 is 18.3 Å². The van der Waals surface area contributed by atoms with Crippen molar-refractivity contribution in [3.05, 3.63) is 89.2 Å². The number of halogens is 1. The summed E-state index contributed by atoms with van der Waals surface area (Å²) in [6, 6.07) is 17.7. The molecule has 3 aromatic rings. The molecule has 3 aromatic carbocycles. The molecular formula is C25H22FN3O4. The number of methoxy groups -OCH3 is 1. The normalized spacial score (nSPS) is 13.3. The van der Waals surface area contributed by atoms with Crippen LogP contribution in [0.2, 0.25) is 0 Å². The van der Waals surface area contributed by atoms with Crippen LogP contribution in [0.5, 0.6) is 5.75 Å². The van der Waals surface area contributed by atoms with Crippen LogP contribution in [0.25, 0.3) is 11.1 Å². The fourth-order valence-corrected chi connectivity index (χ4v) is 3.87. The van der Waals surface area contributed by atoms with Gasteiger partial charge in [-0.15, -0.1) is 0 Å². The number of amides is 4. The summed E-state index contributed by atoms with van der Waals surface area (Å²) in [5.74, 6) is 0.129. The van der Waals surface area contributed by atoms with Gasteiger partial charge in [-0.25, -0.2) is 9.18 Å². The maximum Gasteiger partial charge on any atom is 0.321 e. The van der Waals surface area contributed by atoms with Crippen LogP contribution >= 0.6 is 0 Å². The SMILES string of the molecule is COc1ccc2c(c1)C(=O)N(C[C@H](NC(=O)NC=O)c1ccc(-c3ccc(F)cc3)cc1)C2. The Labute approximate surface area is 190 Å². The average Bonchev–Trinajstić information content (AvgIpc) is 3.14. The molecule has 0 unspecified atom stereocenters. The van der Waals surface area contributed by atoms with E-state index >= 15 is 0 Å². The number of fused-ring (bicyclic) bond motifs is 1. The molecule has 0 saturated heterocycles. The zero-order valence-electron chi connectivity index (χ0n) is 17.9. The minimum absolute atomic E-state index is 0.158. The van der Waals surface area contributed by atoms with Gasteiger partial charge in [0.2, 0.25) is 6.41 Å². The van der Waals surface area contributed by atoms with Crippen molar-refractivity contribution in [3.63, 3.8) is 0 Å². The van der Waals surface area contributed by atoms with Gasteiger partial charge in [0, 0.05) is 18.7 Å². The Morgan fingerprint density at radius 2 is 1.76 bits per heavy atom. The predicted molar refractivity (Wildman–Crippen MR) is 120 cm³/mol. The van der Waals surface area contributed by atoms with Crippen molar-refractivity contribution in [1.82, 2.24) is 15.5 Å². The third-order valence-corrected chi connectivity index (χ3v) is 5.58. The highest BCUT2D eigenvalue weighted by atomic mass is 19.1. The van der Waals surface area contributed by atoms with E-state index < -0.39 is 12.1 Å². The van der Waals surface area contributed by atoms with E-state index in [2.05, 4.69) is 10.6 Å². The van der Waals surface area contributed by atoms with Crippen LogP contribution in [-0.2, 0) is 11.3 Å². The molecule has 0 aromatic heterocycles. The van der Waals surface area contributed by atoms with Gasteiger partial charge in [-0.05, 0) is 46.5 Å². The molecule has 0 fully saturated rings. The van der Waals surface area contributed by atoms with E-state index in [1.54, 1.807) is 36.3 Å². The first-order valence-electron chi connectivity index (χ1n) is 10.3. The minimum Gasteiger partial charge on any atom is -0.497 e. The standard InChI is InChI=1S/C25H22FN3O4/c1-33-21-11-8-19-13-29(24(31)22(19)12-21)14-23(28-25(32)27-15-30)18-4-2-16(3-5-18)17-6-9-20(26)10-7-17/h2-12,15,23H,13-14H2,1H3,(H2,27,28,30,32)/t23-/m0/s1. The summed E-state index contributed by atoms with van der Waals surface area (Å²) in [5, 5.41) is 4.82. The van der Waals surface area contributed by atoms with Crippen molar-refractivity contribution in [2.75, 3.05) is 13.7 Å². The molecule has 33 heavy (non-hydrogen) atoms. The van der Waals surface area contributed by atoms with Crippen LogP contribution in [0.3, 0.4) is 0 Å². The zero-order chi connectivity index (χ0) is 23.4. The summed E-state index contributed by atoms with van der Waals surface area (Å²) in [5.41, 5.74) is 3.93. The Morgan fingerprint density at radius 1 is 1.09 bits per heavy atom. The number of hydrogen-bond donors (Lipinski definition) is 2. The molecule has 2 N–H and O–H groups in total. The summed E-state index contributed by atoms with van der Waals surface area (Å²) in [6.45, 7) is 0.608. The van der Waals surface area contributed by atoms with Gasteiger partial charge >= 0.3 is 6.03 Å². The summed E-state index contributed by atoms with van der Waals surface area (Å²) < 4.78 is 18.4. The second-order valence-corrected chi connectivity index (χ2v) is 7.63. The monoisotopic (exact) mass is 447 g/mol. The molecule has 4 rings (SSSR count). The van der Waals surface area contributed by atoms with Crippen LogP contribution in [-0.4, -0.2) is 36.9 Å². The molecule has 1 aliphatic heterocycles. The first kappa shape index (κ1) is 22.0. The molecule has 168 valence electrons. The van der Waals surface area contributed by atoms with Crippen LogP contribution in [0.4, 0.5) is 9.18 Å². The predicted octanol–water partition coefficient (Wildman–Crippen LogP) is 3.65. The fourth-order valence-electron chi connectivity index (χ4n) is 3.87. The van der Waals surface area contributed by atoms with Gasteiger partial charge in [-0.1, -0.05) is 42.5 Å². The third-order valence-electron chi connectivity index (χ3n) is 5.58. The van der Waals surface area contributed by atoms with Gasteiger partial charge in [0.15, 0.2) is 0 Å². The summed E-state index contributed by atoms with van der Waals surface area (Å²) in [4.78, 5) is 37.4. The molecule has 8 heteroatoms. The summed E-state index contributed by atoms with van der Waals surface area (Å²) in [6.07, 6.45) is 0.299. The summed E-state index contributed by atoms with van der Waals surface area (Å²) >= 11 is 0. The quantitative estimate of drug-likeness (QED) is 0.541. The average molecular weight is 447 g/mol. The van der Waals surface area contributed by atoms with Gasteiger partial charge in [0.25, 0.3) is 5.91 Å². The van der Waals surface area contributed by atoms with E-state index in [1.807, 2.05) is 30.3 Å². The number of urea groups is 1. The highest BCUT2D eigenvalue weighted by Gasteiger charge is 2.30. The van der Waals surface area contributed by atoms with Gasteiger partial charge in [-0.2, -0.15) is 0 Å². The largest absolute Gasteiger partial charge is 0.497 e. The van der Waals surface area contributed by atoms with E-state index in [1.165, 1.54) is 12.1 Å². The number of nitrogens with zero attached hydrogens (tertiary/aromatic N) is 1. The van der Waals surface area contributed by atoms with E-state index in [4.69, 9.17) is 4.74 Å². The molecule has 4 amide bonds. The lowest BCUT2D eigenvalue weighted by molar-refractivity contribution is -0.108. The molecule has 1 heterocycles. The van der Waals surface area contributed by atoms with Crippen LogP contribution in [0.15, 0.2) is 66.7 Å². The van der Waals surface area contributed by atoms with E-state index in [9.17, 15) is 18.8 Å². The van der Waals surface area contributed by atoms with Gasteiger partial charge in [0.05, 0.1) is 13.2 Å². The van der Waals surface area contributed by atoms with E-state index in [0.717, 1.165) is 22.3 Å². The lowest BCUT2D eigenvalue weighted by Crippen LogP contribution is -2.42. The number of rotatable bonds is 7. The van der Waals surface area contributed by atoms with Crippen LogP contribution in [0.1, 0.15) is 27.5 Å². The van der Waals surface area contributed by atoms with E-state index in [0.29, 0.717) is 24.3 Å². The first-order chi connectivity index (χ1) is 16.0. The molecule has 1 atom stereocenters. The Morgan fingerprint density at radius 3 is 2.39 bits per heavy atom. The fraction of sp³-hybridized carbons (Fsp3) is 0.160. The molecule has 0 aliphatic carbocycles. The molecule has 0 radical (unpaired) electrons. The van der Waals surface area contributed by atoms with Crippen LogP contribution < -0.4 is 15.4 Å². The topological polar surface area (TPSA) is 87.7 Å². The van der Waals surface area contributed by atoms with Gasteiger partial charge < -0.3 is 15.0 Å². The number of ether oxygens (including phenoxy) is 1. The second-order valence-electron chi connectivity index (χ2n) is 7.63. The smallest absolute Gasteiger partial charge is 0.321 e. The Bertz CT molecular complexity index is 1180. The molecule has 0 spiro atoms. The lowest BCUT2D eigenvalue weighted by Gasteiger charge is -2.25. The minimum atomic E-state index is -0.663. The Hall–Kier alpha value is -4.20. The molecule has 1 aliphatic rings. The van der Waals surface area contributed by atoms with Crippen molar-refractivity contribution in [1.29, 1.82) is 0 Å². The van der Waals surface area contributed by atoms with Gasteiger partial charge in [-0.3, -0.25) is 14.9 Å². The molecule has 7 nitrogen and oxygen atoms in total. The van der Waals surface area contributed by atoms with Crippen molar-refractivity contribution in [3.8, 4) is 16.9 Å². The zero-order valence-corrected chi connectivity index (χ0v) is 17.9. The number of benzene rings is 3. The Kier molecular flexibility index (Phi) is 6.35. The highest BCUT2D eigenvalue weighted by molar-refractivity contribution is 5.98. The maximum atomic E-state index is 13.2. The van der Waals surface area contributed by atoms with Crippen molar-refractivity contribution < 1.29 is 23.5 Å². The molecule has 0 saturated carbocycles. The van der Waals surface area contributed by atoms with Crippen LogP contribution in [0, 0.1) is 5.82 Å².